The standard InChI is InChI=1S/C15H21NO5/c1-9(2)14(15(18)19)16-13(17)7-10-5-6-11(20-3)8-12(10)21-4/h5-6,8-9,14H,7H2,1-4H3,(H,16,17)(H,18,19)/t14-/m0/s1. The zero-order valence-electron chi connectivity index (χ0n) is 12.7. The van der Waals surface area contributed by atoms with Crippen molar-refractivity contribution in [3.05, 3.63) is 23.8 Å². The molecule has 21 heavy (non-hydrogen) atoms. The van der Waals surface area contributed by atoms with Gasteiger partial charge in [0.25, 0.3) is 0 Å². The SMILES string of the molecule is COc1ccc(CC(=O)N[C@H](C(=O)O)C(C)C)c(OC)c1. The molecule has 0 bridgehead atoms. The molecule has 1 rings (SSSR count). The second-order valence-electron chi connectivity index (χ2n) is 4.98. The lowest BCUT2D eigenvalue weighted by molar-refractivity contribution is -0.143. The van der Waals surface area contributed by atoms with Crippen LogP contribution in [0, 0.1) is 5.92 Å². The van der Waals surface area contributed by atoms with Crippen LogP contribution in [-0.4, -0.2) is 37.2 Å². The first kappa shape index (κ1) is 16.8. The minimum Gasteiger partial charge on any atom is -0.497 e. The van der Waals surface area contributed by atoms with Gasteiger partial charge >= 0.3 is 5.97 Å². The molecule has 0 saturated heterocycles. The number of carboxylic acid groups (broad SMARTS) is 1. The number of amides is 1. The lowest BCUT2D eigenvalue weighted by Crippen LogP contribution is -2.44. The molecule has 0 unspecified atom stereocenters. The number of rotatable bonds is 7. The minimum absolute atomic E-state index is 0.0453. The van der Waals surface area contributed by atoms with Crippen LogP contribution in [0.3, 0.4) is 0 Å². The van der Waals surface area contributed by atoms with E-state index in [0.29, 0.717) is 17.1 Å². The fraction of sp³-hybridized carbons (Fsp3) is 0.467. The van der Waals surface area contributed by atoms with Gasteiger partial charge in [-0.05, 0) is 12.0 Å². The van der Waals surface area contributed by atoms with Gasteiger partial charge < -0.3 is 19.9 Å². The van der Waals surface area contributed by atoms with Crippen LogP contribution in [0.5, 0.6) is 11.5 Å². The Morgan fingerprint density at radius 3 is 2.38 bits per heavy atom. The Morgan fingerprint density at radius 2 is 1.90 bits per heavy atom. The molecule has 0 saturated carbocycles. The van der Waals surface area contributed by atoms with E-state index in [1.165, 1.54) is 7.11 Å². The molecule has 0 aliphatic rings. The van der Waals surface area contributed by atoms with Crippen LogP contribution >= 0.6 is 0 Å². The summed E-state index contributed by atoms with van der Waals surface area (Å²) in [6.45, 7) is 3.49. The third kappa shape index (κ3) is 4.66. The Hall–Kier alpha value is -2.24. The average Bonchev–Trinajstić information content (AvgIpc) is 2.44. The molecule has 0 spiro atoms. The first-order chi connectivity index (χ1) is 9.88. The first-order valence-corrected chi connectivity index (χ1v) is 6.62. The predicted molar refractivity (Wildman–Crippen MR) is 77.7 cm³/mol. The summed E-state index contributed by atoms with van der Waals surface area (Å²) >= 11 is 0. The van der Waals surface area contributed by atoms with E-state index in [1.54, 1.807) is 39.2 Å². The molecule has 0 heterocycles. The van der Waals surface area contributed by atoms with E-state index >= 15 is 0 Å². The van der Waals surface area contributed by atoms with E-state index < -0.39 is 12.0 Å². The largest absolute Gasteiger partial charge is 0.497 e. The molecule has 0 aliphatic carbocycles. The Balaban J connectivity index is 2.81. The number of carbonyl (C=O) groups excluding carboxylic acids is 1. The molecule has 2 N–H and O–H groups in total. The summed E-state index contributed by atoms with van der Waals surface area (Å²) in [5.74, 6) is -0.439. The fourth-order valence-corrected chi connectivity index (χ4v) is 1.91. The number of aliphatic carboxylic acids is 1. The van der Waals surface area contributed by atoms with E-state index in [0.717, 1.165) is 0 Å². The van der Waals surface area contributed by atoms with Gasteiger partial charge in [-0.3, -0.25) is 4.79 Å². The maximum atomic E-state index is 12.0. The van der Waals surface area contributed by atoms with Crippen LogP contribution in [0.15, 0.2) is 18.2 Å². The van der Waals surface area contributed by atoms with Gasteiger partial charge in [0.2, 0.25) is 5.91 Å². The highest BCUT2D eigenvalue weighted by molar-refractivity contribution is 5.85. The molecule has 0 aromatic heterocycles. The van der Waals surface area contributed by atoms with Crippen molar-refractivity contribution < 1.29 is 24.2 Å². The van der Waals surface area contributed by atoms with Gasteiger partial charge in [-0.15, -0.1) is 0 Å². The molecule has 0 fully saturated rings. The number of ether oxygens (including phenoxy) is 2. The summed E-state index contributed by atoms with van der Waals surface area (Å²) in [6.07, 6.45) is 0.0453. The van der Waals surface area contributed by atoms with Crippen LogP contribution in [0.4, 0.5) is 0 Å². The van der Waals surface area contributed by atoms with Gasteiger partial charge in [-0.1, -0.05) is 19.9 Å². The summed E-state index contributed by atoms with van der Waals surface area (Å²) in [7, 11) is 3.05. The molecule has 116 valence electrons. The van der Waals surface area contributed by atoms with Crippen molar-refractivity contribution in [1.82, 2.24) is 5.32 Å². The minimum atomic E-state index is -1.04. The third-order valence-electron chi connectivity index (χ3n) is 3.09. The van der Waals surface area contributed by atoms with E-state index in [9.17, 15) is 9.59 Å². The van der Waals surface area contributed by atoms with E-state index in [2.05, 4.69) is 5.32 Å². The van der Waals surface area contributed by atoms with Crippen molar-refractivity contribution >= 4 is 11.9 Å². The number of carboxylic acids is 1. The summed E-state index contributed by atoms with van der Waals surface area (Å²) in [5, 5.41) is 11.6. The molecular weight excluding hydrogens is 274 g/mol. The number of benzene rings is 1. The second-order valence-corrected chi connectivity index (χ2v) is 4.98. The summed E-state index contributed by atoms with van der Waals surface area (Å²) in [4.78, 5) is 23.1. The first-order valence-electron chi connectivity index (χ1n) is 6.62. The lowest BCUT2D eigenvalue weighted by Gasteiger charge is -2.18. The molecule has 0 radical (unpaired) electrons. The molecule has 1 aromatic rings. The van der Waals surface area contributed by atoms with Crippen molar-refractivity contribution in [3.63, 3.8) is 0 Å². The molecule has 6 nitrogen and oxygen atoms in total. The highest BCUT2D eigenvalue weighted by Crippen LogP contribution is 2.24. The van der Waals surface area contributed by atoms with Crippen LogP contribution in [0.2, 0.25) is 0 Å². The monoisotopic (exact) mass is 295 g/mol. The number of nitrogens with one attached hydrogen (secondary N) is 1. The van der Waals surface area contributed by atoms with Gasteiger partial charge in [-0.2, -0.15) is 0 Å². The quantitative estimate of drug-likeness (QED) is 0.795. The zero-order chi connectivity index (χ0) is 16.0. The van der Waals surface area contributed by atoms with Crippen LogP contribution in [0.25, 0.3) is 0 Å². The van der Waals surface area contributed by atoms with Gasteiger partial charge in [-0.25, -0.2) is 4.79 Å². The number of methoxy groups -OCH3 is 2. The van der Waals surface area contributed by atoms with Crippen molar-refractivity contribution in [2.45, 2.75) is 26.3 Å². The highest BCUT2D eigenvalue weighted by atomic mass is 16.5. The molecular formula is C15H21NO5. The van der Waals surface area contributed by atoms with Crippen molar-refractivity contribution in [2.24, 2.45) is 5.92 Å². The second kappa shape index (κ2) is 7.52. The summed E-state index contributed by atoms with van der Waals surface area (Å²) in [6, 6.07) is 4.23. The number of hydrogen-bond donors (Lipinski definition) is 2. The lowest BCUT2D eigenvalue weighted by atomic mass is 10.0. The van der Waals surface area contributed by atoms with Crippen molar-refractivity contribution in [3.8, 4) is 11.5 Å². The normalized spacial score (nSPS) is 11.9. The molecule has 1 aromatic carbocycles. The summed E-state index contributed by atoms with van der Waals surface area (Å²) in [5.41, 5.74) is 0.670. The topological polar surface area (TPSA) is 84.9 Å². The van der Waals surface area contributed by atoms with Gasteiger partial charge in [0, 0.05) is 11.6 Å². The Labute approximate surface area is 124 Å². The molecule has 0 aliphatic heterocycles. The van der Waals surface area contributed by atoms with Crippen molar-refractivity contribution in [2.75, 3.05) is 14.2 Å². The number of hydrogen-bond acceptors (Lipinski definition) is 4. The average molecular weight is 295 g/mol. The van der Waals surface area contributed by atoms with Gasteiger partial charge in [0.1, 0.15) is 17.5 Å². The molecule has 1 atom stereocenters. The van der Waals surface area contributed by atoms with Crippen LogP contribution < -0.4 is 14.8 Å². The smallest absolute Gasteiger partial charge is 0.326 e. The van der Waals surface area contributed by atoms with Gasteiger partial charge in [0.05, 0.1) is 20.6 Å². The maximum absolute atomic E-state index is 12.0. The Kier molecular flexibility index (Phi) is 6.02. The van der Waals surface area contributed by atoms with Crippen LogP contribution in [0.1, 0.15) is 19.4 Å². The zero-order valence-corrected chi connectivity index (χ0v) is 12.7. The molecule has 6 heteroatoms. The molecule has 1 amide bonds. The van der Waals surface area contributed by atoms with Crippen molar-refractivity contribution in [1.29, 1.82) is 0 Å². The predicted octanol–water partition coefficient (Wildman–Crippen LogP) is 1.47. The van der Waals surface area contributed by atoms with E-state index in [-0.39, 0.29) is 18.2 Å². The van der Waals surface area contributed by atoms with E-state index in [4.69, 9.17) is 14.6 Å². The summed E-state index contributed by atoms with van der Waals surface area (Å²) < 4.78 is 10.3. The Bertz CT molecular complexity index is 513. The third-order valence-corrected chi connectivity index (χ3v) is 3.09. The van der Waals surface area contributed by atoms with E-state index in [1.807, 2.05) is 0 Å². The van der Waals surface area contributed by atoms with Crippen LogP contribution in [-0.2, 0) is 16.0 Å². The Morgan fingerprint density at radius 1 is 1.24 bits per heavy atom. The fourth-order valence-electron chi connectivity index (χ4n) is 1.91. The van der Waals surface area contributed by atoms with Gasteiger partial charge in [0.15, 0.2) is 0 Å². The highest BCUT2D eigenvalue weighted by Gasteiger charge is 2.23. The maximum Gasteiger partial charge on any atom is 0.326 e. The number of carbonyl (C=O) groups is 2.